The Kier molecular flexibility index (Phi) is 4.81. The molecule has 1 fully saturated rings. The van der Waals surface area contributed by atoms with Gasteiger partial charge in [-0.05, 0) is 46.5 Å². The smallest absolute Gasteiger partial charge is 0.145 e. The Morgan fingerprint density at radius 3 is 2.95 bits per heavy atom. The van der Waals surface area contributed by atoms with E-state index in [0.717, 1.165) is 43.3 Å². The van der Waals surface area contributed by atoms with Crippen LogP contribution in [0.3, 0.4) is 0 Å². The minimum absolute atomic E-state index is 0.337. The van der Waals surface area contributed by atoms with Gasteiger partial charge in [-0.2, -0.15) is 0 Å². The van der Waals surface area contributed by atoms with Gasteiger partial charge < -0.3 is 4.90 Å². The molecule has 0 unspecified atom stereocenters. The summed E-state index contributed by atoms with van der Waals surface area (Å²) >= 11 is 1.74. The molecule has 2 aromatic rings. The third-order valence-electron chi connectivity index (χ3n) is 4.06. The van der Waals surface area contributed by atoms with Gasteiger partial charge in [0.25, 0.3) is 0 Å². The summed E-state index contributed by atoms with van der Waals surface area (Å²) in [6, 6.07) is 2.35. The van der Waals surface area contributed by atoms with E-state index in [1.165, 1.54) is 11.3 Å². The quantitative estimate of drug-likeness (QED) is 0.848. The second kappa shape index (κ2) is 6.81. The van der Waals surface area contributed by atoms with Crippen LogP contribution in [-0.4, -0.2) is 45.4 Å². The first kappa shape index (κ1) is 15.5. The first-order valence-electron chi connectivity index (χ1n) is 7.73. The Hall–Kier alpha value is -1.37. The largest absolute Gasteiger partial charge is 0.304 e. The number of aromatic nitrogens is 3. The van der Waals surface area contributed by atoms with Crippen molar-refractivity contribution in [3.8, 4) is 0 Å². The van der Waals surface area contributed by atoms with Crippen LogP contribution in [0.2, 0.25) is 0 Å². The van der Waals surface area contributed by atoms with Gasteiger partial charge >= 0.3 is 0 Å². The molecule has 0 bridgehead atoms. The van der Waals surface area contributed by atoms with E-state index < -0.39 is 0 Å². The molecule has 1 aliphatic heterocycles. The van der Waals surface area contributed by atoms with E-state index in [-0.39, 0.29) is 0 Å². The van der Waals surface area contributed by atoms with Crippen molar-refractivity contribution in [3.63, 3.8) is 0 Å². The number of thiazole rings is 1. The number of hydrogen-bond donors (Lipinski definition) is 0. The second-order valence-electron chi connectivity index (χ2n) is 6.13. The fourth-order valence-corrected chi connectivity index (χ4v) is 3.76. The number of likely N-dealkylation sites (tertiary alicyclic amines) is 1. The fraction of sp³-hybridized carbons (Fsp3) is 0.562. The van der Waals surface area contributed by atoms with Gasteiger partial charge in [0.05, 0.1) is 22.9 Å². The van der Waals surface area contributed by atoms with Crippen molar-refractivity contribution >= 4 is 11.3 Å². The minimum Gasteiger partial charge on any atom is -0.304 e. The molecule has 0 saturated carbocycles. The normalized spacial score (nSPS) is 19.2. The maximum atomic E-state index is 4.79. The van der Waals surface area contributed by atoms with Crippen LogP contribution in [0.15, 0.2) is 17.8 Å². The molecule has 3 heterocycles. The van der Waals surface area contributed by atoms with Crippen LogP contribution >= 0.6 is 11.3 Å². The zero-order valence-electron chi connectivity index (χ0n) is 13.5. The molecule has 22 heavy (non-hydrogen) atoms. The number of rotatable bonds is 5. The van der Waals surface area contributed by atoms with Crippen LogP contribution in [-0.2, 0) is 13.1 Å². The van der Waals surface area contributed by atoms with Gasteiger partial charge in [0.15, 0.2) is 0 Å². The van der Waals surface area contributed by atoms with Crippen LogP contribution in [0.4, 0.5) is 0 Å². The van der Waals surface area contributed by atoms with Crippen molar-refractivity contribution < 1.29 is 0 Å². The molecule has 0 spiro atoms. The summed E-state index contributed by atoms with van der Waals surface area (Å²) in [5.74, 6) is 0.971. The van der Waals surface area contributed by atoms with Gasteiger partial charge in [0.2, 0.25) is 0 Å². The molecular weight excluding hydrogens is 294 g/mol. The summed E-state index contributed by atoms with van der Waals surface area (Å²) in [5, 5.41) is 0. The predicted molar refractivity (Wildman–Crippen MR) is 88.7 cm³/mol. The summed E-state index contributed by atoms with van der Waals surface area (Å²) in [5.41, 5.74) is 4.18. The lowest BCUT2D eigenvalue weighted by molar-refractivity contribution is 0.240. The fourth-order valence-electron chi connectivity index (χ4n) is 2.96. The molecule has 0 amide bonds. The Labute approximate surface area is 136 Å². The Bertz CT molecular complexity index is 625. The van der Waals surface area contributed by atoms with Crippen LogP contribution in [0, 0.1) is 6.92 Å². The predicted octanol–water partition coefficient (Wildman–Crippen LogP) is 2.64. The summed E-state index contributed by atoms with van der Waals surface area (Å²) in [4.78, 5) is 19.7. The van der Waals surface area contributed by atoms with Crippen molar-refractivity contribution in [3.05, 3.63) is 39.9 Å². The molecule has 0 N–H and O–H groups in total. The zero-order valence-corrected chi connectivity index (χ0v) is 14.3. The number of hydrogen-bond acceptors (Lipinski definition) is 6. The van der Waals surface area contributed by atoms with E-state index in [9.17, 15) is 0 Å². The van der Waals surface area contributed by atoms with Crippen molar-refractivity contribution in [1.82, 2.24) is 24.8 Å². The molecule has 0 radical (unpaired) electrons. The van der Waals surface area contributed by atoms with Crippen molar-refractivity contribution in [1.29, 1.82) is 0 Å². The highest BCUT2D eigenvalue weighted by Gasteiger charge is 2.29. The van der Waals surface area contributed by atoms with Gasteiger partial charge in [-0.3, -0.25) is 4.90 Å². The van der Waals surface area contributed by atoms with Crippen LogP contribution in [0.25, 0.3) is 0 Å². The Balaban J connectivity index is 1.76. The Morgan fingerprint density at radius 1 is 1.36 bits per heavy atom. The van der Waals surface area contributed by atoms with Crippen molar-refractivity contribution in [2.45, 2.75) is 38.9 Å². The first-order chi connectivity index (χ1) is 10.6. The summed E-state index contributed by atoms with van der Waals surface area (Å²) in [7, 11) is 4.13. The lowest BCUT2D eigenvalue weighted by Gasteiger charge is -2.23. The molecule has 2 aromatic heterocycles. The van der Waals surface area contributed by atoms with Crippen molar-refractivity contribution in [2.75, 3.05) is 20.6 Å². The lowest BCUT2D eigenvalue weighted by atomic mass is 10.2. The highest BCUT2D eigenvalue weighted by atomic mass is 32.1. The standard InChI is InChI=1S/C16H23N5S/c1-12-15(22-11-18-12)10-21-8-4-5-14(21)16-17-7-6-13(19-16)9-20(2)3/h6-7,11,14H,4-5,8-10H2,1-3H3/t14-/m0/s1. The average Bonchev–Trinajstić information content (AvgIpc) is 3.09. The maximum absolute atomic E-state index is 4.79. The van der Waals surface area contributed by atoms with Gasteiger partial charge in [-0.15, -0.1) is 11.3 Å². The molecule has 0 aromatic carbocycles. The van der Waals surface area contributed by atoms with Crippen molar-refractivity contribution in [2.24, 2.45) is 0 Å². The van der Waals surface area contributed by atoms with E-state index in [4.69, 9.17) is 4.98 Å². The minimum atomic E-state index is 0.337. The molecule has 3 rings (SSSR count). The zero-order chi connectivity index (χ0) is 15.5. The van der Waals surface area contributed by atoms with Crippen LogP contribution in [0.1, 0.15) is 41.0 Å². The third kappa shape index (κ3) is 3.51. The number of aryl methyl sites for hydroxylation is 1. The van der Waals surface area contributed by atoms with E-state index in [2.05, 4.69) is 40.8 Å². The average molecular weight is 317 g/mol. The van der Waals surface area contributed by atoms with E-state index in [0.29, 0.717) is 6.04 Å². The first-order valence-corrected chi connectivity index (χ1v) is 8.61. The van der Waals surface area contributed by atoms with E-state index in [1.54, 1.807) is 11.3 Å². The molecular formula is C16H23N5S. The van der Waals surface area contributed by atoms with Crippen LogP contribution in [0.5, 0.6) is 0 Å². The molecule has 6 heteroatoms. The second-order valence-corrected chi connectivity index (χ2v) is 7.07. The third-order valence-corrected chi connectivity index (χ3v) is 4.98. The van der Waals surface area contributed by atoms with Gasteiger partial charge in [0.1, 0.15) is 5.82 Å². The molecule has 118 valence electrons. The van der Waals surface area contributed by atoms with Crippen LogP contribution < -0.4 is 0 Å². The monoisotopic (exact) mass is 317 g/mol. The highest BCUT2D eigenvalue weighted by molar-refractivity contribution is 7.09. The highest BCUT2D eigenvalue weighted by Crippen LogP contribution is 2.32. The summed E-state index contributed by atoms with van der Waals surface area (Å²) in [6.45, 7) is 5.02. The maximum Gasteiger partial charge on any atom is 0.145 e. The summed E-state index contributed by atoms with van der Waals surface area (Å²) < 4.78 is 0. The van der Waals surface area contributed by atoms with Gasteiger partial charge in [-0.25, -0.2) is 15.0 Å². The van der Waals surface area contributed by atoms with E-state index in [1.807, 2.05) is 17.8 Å². The van der Waals surface area contributed by atoms with Gasteiger partial charge in [0, 0.05) is 24.2 Å². The van der Waals surface area contributed by atoms with E-state index >= 15 is 0 Å². The molecule has 1 aliphatic rings. The molecule has 0 aliphatic carbocycles. The van der Waals surface area contributed by atoms with Gasteiger partial charge in [-0.1, -0.05) is 0 Å². The molecule has 1 atom stereocenters. The SMILES string of the molecule is Cc1ncsc1CN1CCC[C@H]1c1nccc(CN(C)C)n1. The number of nitrogens with zero attached hydrogens (tertiary/aromatic N) is 5. The topological polar surface area (TPSA) is 45.2 Å². The lowest BCUT2D eigenvalue weighted by Crippen LogP contribution is -2.24. The molecule has 5 nitrogen and oxygen atoms in total. The molecule has 1 saturated heterocycles. The Morgan fingerprint density at radius 2 is 2.23 bits per heavy atom. The summed E-state index contributed by atoms with van der Waals surface area (Å²) in [6.07, 6.45) is 4.25.